The lowest BCUT2D eigenvalue weighted by molar-refractivity contribution is -0.115. The molecule has 0 bridgehead atoms. The normalized spacial score (nSPS) is 14.9. The first kappa shape index (κ1) is 19.0. The summed E-state index contributed by atoms with van der Waals surface area (Å²) in [6.45, 7) is 4.78. The van der Waals surface area contributed by atoms with Crippen molar-refractivity contribution in [2.45, 2.75) is 20.5 Å². The molecule has 2 aromatic carbocycles. The number of amides is 3. The number of halogens is 1. The molecule has 6 nitrogen and oxygen atoms in total. The molecule has 1 heterocycles. The maximum Gasteiger partial charge on any atom is 0.326 e. The summed E-state index contributed by atoms with van der Waals surface area (Å²) < 4.78 is 12.4. The van der Waals surface area contributed by atoms with Crippen LogP contribution in [0.4, 0.5) is 4.79 Å². The maximum absolute atomic E-state index is 11.7. The zero-order valence-electron chi connectivity index (χ0n) is 15.0. The fraction of sp³-hybridized carbons (Fsp3) is 0.200. The molecule has 1 aliphatic rings. The van der Waals surface area contributed by atoms with Crippen molar-refractivity contribution in [1.29, 1.82) is 0 Å². The first-order valence-corrected chi connectivity index (χ1v) is 9.24. The summed E-state index contributed by atoms with van der Waals surface area (Å²) >= 11 is 3.51. The summed E-state index contributed by atoms with van der Waals surface area (Å²) in [4.78, 5) is 23.0. The Bertz CT molecular complexity index is 924. The molecule has 2 N–H and O–H groups in total. The van der Waals surface area contributed by atoms with E-state index in [1.807, 2.05) is 32.0 Å². The fourth-order valence-corrected chi connectivity index (χ4v) is 3.25. The van der Waals surface area contributed by atoms with E-state index in [9.17, 15) is 9.59 Å². The number of hydrogen-bond donors (Lipinski definition) is 2. The Labute approximate surface area is 165 Å². The van der Waals surface area contributed by atoms with Crippen molar-refractivity contribution >= 4 is 33.9 Å². The van der Waals surface area contributed by atoms with Crippen LogP contribution in [0.2, 0.25) is 0 Å². The minimum absolute atomic E-state index is 0.183. The van der Waals surface area contributed by atoms with E-state index in [1.54, 1.807) is 18.2 Å². The van der Waals surface area contributed by atoms with Crippen molar-refractivity contribution < 1.29 is 19.1 Å². The molecule has 7 heteroatoms. The molecule has 1 fully saturated rings. The van der Waals surface area contributed by atoms with Crippen molar-refractivity contribution in [3.63, 3.8) is 0 Å². The molecule has 1 aliphatic heterocycles. The van der Waals surface area contributed by atoms with Gasteiger partial charge in [0.05, 0.1) is 11.1 Å². The van der Waals surface area contributed by atoms with Crippen LogP contribution < -0.4 is 20.1 Å². The van der Waals surface area contributed by atoms with E-state index < -0.39 is 11.9 Å². The van der Waals surface area contributed by atoms with Gasteiger partial charge < -0.3 is 14.8 Å². The molecule has 0 spiro atoms. The first-order chi connectivity index (χ1) is 13.0. The Balaban J connectivity index is 1.87. The molecule has 3 amide bonds. The van der Waals surface area contributed by atoms with Crippen LogP contribution in [0, 0.1) is 6.92 Å². The standard InChI is InChI=1S/C20H19BrN2O4/c1-3-26-17-10-14(9-16-19(24)23-20(25)22-16)8-15(21)18(17)27-11-13-6-4-5-12(2)7-13/h4-10H,3,11H2,1-2H3,(H2,22,23,24,25)/b16-9+. The average molecular weight is 431 g/mol. The van der Waals surface area contributed by atoms with Gasteiger partial charge in [0.1, 0.15) is 12.3 Å². The quantitative estimate of drug-likeness (QED) is 0.537. The van der Waals surface area contributed by atoms with Crippen LogP contribution in [-0.2, 0) is 11.4 Å². The highest BCUT2D eigenvalue weighted by Crippen LogP contribution is 2.38. The molecule has 0 radical (unpaired) electrons. The van der Waals surface area contributed by atoms with E-state index in [0.717, 1.165) is 5.56 Å². The van der Waals surface area contributed by atoms with Crippen molar-refractivity contribution in [3.8, 4) is 11.5 Å². The summed E-state index contributed by atoms with van der Waals surface area (Å²) in [5, 5.41) is 4.63. The minimum atomic E-state index is -0.534. The smallest absolute Gasteiger partial charge is 0.326 e. The molecule has 2 aromatic rings. The molecule has 0 aromatic heterocycles. The van der Waals surface area contributed by atoms with Crippen LogP contribution in [0.5, 0.6) is 11.5 Å². The summed E-state index contributed by atoms with van der Waals surface area (Å²) in [6.07, 6.45) is 1.58. The van der Waals surface area contributed by atoms with E-state index in [-0.39, 0.29) is 5.70 Å². The second kappa shape index (κ2) is 8.26. The Morgan fingerprint density at radius 2 is 1.93 bits per heavy atom. The average Bonchev–Trinajstić information content (AvgIpc) is 2.91. The topological polar surface area (TPSA) is 76.7 Å². The lowest BCUT2D eigenvalue weighted by Gasteiger charge is -2.15. The summed E-state index contributed by atoms with van der Waals surface area (Å²) in [5.41, 5.74) is 3.10. The Morgan fingerprint density at radius 1 is 1.11 bits per heavy atom. The third kappa shape index (κ3) is 4.68. The van der Waals surface area contributed by atoms with Crippen LogP contribution >= 0.6 is 15.9 Å². The van der Waals surface area contributed by atoms with Gasteiger partial charge in [0.2, 0.25) is 0 Å². The van der Waals surface area contributed by atoms with Gasteiger partial charge in [0.25, 0.3) is 5.91 Å². The van der Waals surface area contributed by atoms with Gasteiger partial charge in [-0.25, -0.2) is 4.79 Å². The SMILES string of the molecule is CCOc1cc(/C=C2/NC(=O)NC2=O)cc(Br)c1OCc1cccc(C)c1. The van der Waals surface area contributed by atoms with Gasteiger partial charge in [0.15, 0.2) is 11.5 Å². The summed E-state index contributed by atoms with van der Waals surface area (Å²) in [5.74, 6) is 0.672. The van der Waals surface area contributed by atoms with Gasteiger partial charge in [-0.3, -0.25) is 10.1 Å². The predicted molar refractivity (Wildman–Crippen MR) is 105 cm³/mol. The molecule has 27 heavy (non-hydrogen) atoms. The minimum Gasteiger partial charge on any atom is -0.490 e. The highest BCUT2D eigenvalue weighted by molar-refractivity contribution is 9.10. The number of carbonyl (C=O) groups excluding carboxylic acids is 2. The van der Waals surface area contributed by atoms with E-state index >= 15 is 0 Å². The Hall–Kier alpha value is -2.80. The van der Waals surface area contributed by atoms with Gasteiger partial charge in [-0.15, -0.1) is 0 Å². The van der Waals surface area contributed by atoms with E-state index in [0.29, 0.717) is 34.7 Å². The van der Waals surface area contributed by atoms with Crippen molar-refractivity contribution in [2.75, 3.05) is 6.61 Å². The first-order valence-electron chi connectivity index (χ1n) is 8.45. The van der Waals surface area contributed by atoms with E-state index in [4.69, 9.17) is 9.47 Å². The molecule has 140 valence electrons. The number of rotatable bonds is 6. The fourth-order valence-electron chi connectivity index (χ4n) is 2.68. The van der Waals surface area contributed by atoms with Gasteiger partial charge in [-0.05, 0) is 59.1 Å². The molecule has 0 atom stereocenters. The molecule has 3 rings (SSSR count). The van der Waals surface area contributed by atoms with Gasteiger partial charge in [-0.1, -0.05) is 29.8 Å². The lowest BCUT2D eigenvalue weighted by Crippen LogP contribution is -2.22. The highest BCUT2D eigenvalue weighted by Gasteiger charge is 2.23. The molecule has 1 saturated heterocycles. The number of carbonyl (C=O) groups is 2. The van der Waals surface area contributed by atoms with Crippen LogP contribution in [0.25, 0.3) is 6.08 Å². The zero-order chi connectivity index (χ0) is 19.4. The number of nitrogens with one attached hydrogen (secondary N) is 2. The number of imide groups is 1. The number of urea groups is 1. The molecule has 0 unspecified atom stereocenters. The number of ether oxygens (including phenoxy) is 2. The monoisotopic (exact) mass is 430 g/mol. The number of benzene rings is 2. The molecular formula is C20H19BrN2O4. The van der Waals surface area contributed by atoms with Crippen molar-refractivity contribution in [2.24, 2.45) is 0 Å². The van der Waals surface area contributed by atoms with Crippen LogP contribution in [0.15, 0.2) is 46.6 Å². The van der Waals surface area contributed by atoms with Crippen molar-refractivity contribution in [1.82, 2.24) is 10.6 Å². The highest BCUT2D eigenvalue weighted by atomic mass is 79.9. The summed E-state index contributed by atoms with van der Waals surface area (Å²) in [6, 6.07) is 11.1. The summed E-state index contributed by atoms with van der Waals surface area (Å²) in [7, 11) is 0. The maximum atomic E-state index is 11.7. The lowest BCUT2D eigenvalue weighted by atomic mass is 10.1. The van der Waals surface area contributed by atoms with Crippen LogP contribution in [-0.4, -0.2) is 18.5 Å². The Kier molecular flexibility index (Phi) is 5.81. The predicted octanol–water partition coefficient (Wildman–Crippen LogP) is 3.92. The molecule has 0 aliphatic carbocycles. The van der Waals surface area contributed by atoms with Crippen molar-refractivity contribution in [3.05, 3.63) is 63.3 Å². The van der Waals surface area contributed by atoms with Gasteiger partial charge in [0, 0.05) is 0 Å². The van der Waals surface area contributed by atoms with Crippen LogP contribution in [0.3, 0.4) is 0 Å². The number of aryl methyl sites for hydroxylation is 1. The Morgan fingerprint density at radius 3 is 2.59 bits per heavy atom. The third-order valence-corrected chi connectivity index (χ3v) is 4.42. The van der Waals surface area contributed by atoms with Crippen LogP contribution in [0.1, 0.15) is 23.6 Å². The molecular weight excluding hydrogens is 412 g/mol. The van der Waals surface area contributed by atoms with Gasteiger partial charge in [-0.2, -0.15) is 0 Å². The second-order valence-electron chi connectivity index (χ2n) is 6.01. The second-order valence-corrected chi connectivity index (χ2v) is 6.86. The largest absolute Gasteiger partial charge is 0.490 e. The van der Waals surface area contributed by atoms with Gasteiger partial charge >= 0.3 is 6.03 Å². The van der Waals surface area contributed by atoms with E-state index in [2.05, 4.69) is 32.6 Å². The van der Waals surface area contributed by atoms with E-state index in [1.165, 1.54) is 5.56 Å². The number of hydrogen-bond acceptors (Lipinski definition) is 4. The molecule has 0 saturated carbocycles. The zero-order valence-corrected chi connectivity index (χ0v) is 16.6. The third-order valence-electron chi connectivity index (χ3n) is 3.83.